The Morgan fingerprint density at radius 3 is 2.38 bits per heavy atom. The molecule has 1 aliphatic heterocycles. The summed E-state index contributed by atoms with van der Waals surface area (Å²) < 4.78 is 5.24. The molecule has 1 aromatic rings. The first kappa shape index (κ1) is 20.0. The first-order valence-corrected chi connectivity index (χ1v) is 8.63. The number of ether oxygens (including phenoxy) is 1. The van der Waals surface area contributed by atoms with E-state index in [0.717, 1.165) is 5.56 Å². The number of aliphatic carboxylic acids is 1. The molecule has 4 N–H and O–H groups in total. The van der Waals surface area contributed by atoms with Gasteiger partial charge in [-0.25, -0.2) is 4.79 Å². The minimum atomic E-state index is -0.985. The van der Waals surface area contributed by atoms with Crippen molar-refractivity contribution in [2.24, 2.45) is 0 Å². The zero-order valence-electron chi connectivity index (χ0n) is 14.2. The summed E-state index contributed by atoms with van der Waals surface area (Å²) in [4.78, 5) is 35.0. The van der Waals surface area contributed by atoms with Gasteiger partial charge in [0, 0.05) is 24.8 Å². The number of carbonyl (C=O) groups excluding carboxylic acids is 2. The van der Waals surface area contributed by atoms with E-state index in [0.29, 0.717) is 37.6 Å². The quantitative estimate of drug-likeness (QED) is 0.566. The lowest BCUT2D eigenvalue weighted by molar-refractivity contribution is -0.140. The number of urea groups is 1. The van der Waals surface area contributed by atoms with Crippen molar-refractivity contribution in [2.75, 3.05) is 19.8 Å². The number of rotatable bonds is 7. The number of carbonyl (C=O) groups is 3. The molecule has 0 saturated carbocycles. The van der Waals surface area contributed by atoms with Crippen molar-refractivity contribution in [2.45, 2.75) is 31.3 Å². The van der Waals surface area contributed by atoms with Crippen LogP contribution < -0.4 is 16.0 Å². The van der Waals surface area contributed by atoms with Gasteiger partial charge in [0.2, 0.25) is 5.91 Å². The first-order valence-electron chi connectivity index (χ1n) is 8.25. The summed E-state index contributed by atoms with van der Waals surface area (Å²) in [5.41, 5.74) is 0.0411. The van der Waals surface area contributed by atoms with Crippen LogP contribution in [-0.4, -0.2) is 48.3 Å². The van der Waals surface area contributed by atoms with Crippen molar-refractivity contribution < 1.29 is 24.2 Å². The zero-order valence-corrected chi connectivity index (χ0v) is 15.0. The van der Waals surface area contributed by atoms with E-state index < -0.39 is 23.4 Å². The van der Waals surface area contributed by atoms with Gasteiger partial charge < -0.3 is 25.8 Å². The molecule has 0 unspecified atom stereocenters. The van der Waals surface area contributed by atoms with Crippen LogP contribution in [0.2, 0.25) is 5.02 Å². The highest BCUT2D eigenvalue weighted by Crippen LogP contribution is 2.24. The largest absolute Gasteiger partial charge is 0.481 e. The molecule has 0 spiro atoms. The molecule has 1 fully saturated rings. The van der Waals surface area contributed by atoms with Crippen molar-refractivity contribution >= 4 is 29.5 Å². The van der Waals surface area contributed by atoms with Gasteiger partial charge in [-0.2, -0.15) is 0 Å². The maximum absolute atomic E-state index is 12.1. The molecule has 0 bridgehead atoms. The lowest BCUT2D eigenvalue weighted by Crippen LogP contribution is -2.55. The molecule has 0 aliphatic carbocycles. The molecule has 1 aromatic carbocycles. The molecule has 3 amide bonds. The Labute approximate surface area is 156 Å². The average molecular weight is 384 g/mol. The zero-order chi connectivity index (χ0) is 19.0. The molecular weight excluding hydrogens is 362 g/mol. The summed E-state index contributed by atoms with van der Waals surface area (Å²) in [6, 6.07) is 6.53. The third-order valence-corrected chi connectivity index (χ3v) is 4.37. The first-order chi connectivity index (χ1) is 12.4. The van der Waals surface area contributed by atoms with E-state index in [-0.39, 0.29) is 13.0 Å². The molecule has 0 radical (unpaired) electrons. The van der Waals surface area contributed by atoms with Gasteiger partial charge in [-0.05, 0) is 30.5 Å². The van der Waals surface area contributed by atoms with E-state index in [1.54, 1.807) is 24.3 Å². The number of nitrogens with one attached hydrogen (secondary N) is 3. The van der Waals surface area contributed by atoms with Crippen molar-refractivity contribution in [3.05, 3.63) is 34.9 Å². The number of hydrogen-bond acceptors (Lipinski definition) is 4. The van der Waals surface area contributed by atoms with E-state index in [2.05, 4.69) is 16.0 Å². The van der Waals surface area contributed by atoms with Gasteiger partial charge in [0.1, 0.15) is 0 Å². The smallest absolute Gasteiger partial charge is 0.315 e. The van der Waals surface area contributed by atoms with Crippen molar-refractivity contribution in [1.29, 1.82) is 0 Å². The molecule has 8 nitrogen and oxygen atoms in total. The van der Waals surface area contributed by atoms with Crippen molar-refractivity contribution in [3.8, 4) is 0 Å². The third kappa shape index (κ3) is 6.53. The topological polar surface area (TPSA) is 117 Å². The number of carboxylic acids is 1. The molecular formula is C17H22ClN3O5. The Kier molecular flexibility index (Phi) is 7.23. The fraction of sp³-hybridized carbons (Fsp3) is 0.471. The summed E-state index contributed by atoms with van der Waals surface area (Å²) in [6.45, 7) is 0.838. The molecule has 142 valence electrons. The second-order valence-electron chi connectivity index (χ2n) is 6.17. The normalized spacial score (nSPS) is 15.7. The fourth-order valence-electron chi connectivity index (χ4n) is 2.75. The minimum Gasteiger partial charge on any atom is -0.481 e. The standard InChI is InChI=1S/C17H22ClN3O5/c18-13-3-1-12(2-4-13)10-19-16(25)20-11-14(22)21-17(9-15(23)24)5-7-26-8-6-17/h1-4H,5-11H2,(H,21,22)(H,23,24)(H2,19,20,25). The SMILES string of the molecule is O=C(O)CC1(NC(=O)CNC(=O)NCc2ccc(Cl)cc2)CCOCC1. The molecule has 1 heterocycles. The van der Waals surface area contributed by atoms with Crippen LogP contribution >= 0.6 is 11.6 Å². The maximum atomic E-state index is 12.1. The molecule has 0 atom stereocenters. The maximum Gasteiger partial charge on any atom is 0.315 e. The Bertz CT molecular complexity index is 644. The predicted molar refractivity (Wildman–Crippen MR) is 94.9 cm³/mol. The minimum absolute atomic E-state index is 0.176. The highest BCUT2D eigenvalue weighted by molar-refractivity contribution is 6.30. The number of benzene rings is 1. The van der Waals surface area contributed by atoms with E-state index >= 15 is 0 Å². The average Bonchev–Trinajstić information content (AvgIpc) is 2.59. The van der Waals surface area contributed by atoms with Gasteiger partial charge in [0.15, 0.2) is 0 Å². The second kappa shape index (κ2) is 9.40. The molecule has 9 heteroatoms. The Hall–Kier alpha value is -2.32. The molecule has 26 heavy (non-hydrogen) atoms. The molecule has 2 rings (SSSR count). The van der Waals surface area contributed by atoms with Gasteiger partial charge in [-0.3, -0.25) is 9.59 Å². The van der Waals surface area contributed by atoms with Crippen LogP contribution in [0.15, 0.2) is 24.3 Å². The van der Waals surface area contributed by atoms with Crippen LogP contribution in [0, 0.1) is 0 Å². The fourth-order valence-corrected chi connectivity index (χ4v) is 2.87. The number of amides is 3. The van der Waals surface area contributed by atoms with Crippen LogP contribution in [0.3, 0.4) is 0 Å². The summed E-state index contributed by atoms with van der Waals surface area (Å²) in [5.74, 6) is -1.42. The number of halogens is 1. The Balaban J connectivity index is 1.76. The lowest BCUT2D eigenvalue weighted by Gasteiger charge is -2.36. The molecule has 0 aromatic heterocycles. The van der Waals surface area contributed by atoms with E-state index in [1.165, 1.54) is 0 Å². The number of carboxylic acid groups (broad SMARTS) is 1. The highest BCUT2D eigenvalue weighted by atomic mass is 35.5. The van der Waals surface area contributed by atoms with Crippen LogP contribution in [-0.2, 0) is 20.9 Å². The lowest BCUT2D eigenvalue weighted by atomic mass is 9.86. The molecule has 1 aliphatic rings. The summed E-state index contributed by atoms with van der Waals surface area (Å²) in [5, 5.41) is 17.5. The molecule has 1 saturated heterocycles. The van der Waals surface area contributed by atoms with Crippen molar-refractivity contribution in [3.63, 3.8) is 0 Å². The summed E-state index contributed by atoms with van der Waals surface area (Å²) in [6.07, 6.45) is 0.673. The Morgan fingerprint density at radius 2 is 1.77 bits per heavy atom. The summed E-state index contributed by atoms with van der Waals surface area (Å²) in [7, 11) is 0. The van der Waals surface area contributed by atoms with Crippen LogP contribution in [0.4, 0.5) is 4.79 Å². The summed E-state index contributed by atoms with van der Waals surface area (Å²) >= 11 is 5.79. The van der Waals surface area contributed by atoms with Gasteiger partial charge in [-0.15, -0.1) is 0 Å². The van der Waals surface area contributed by atoms with Gasteiger partial charge in [0.05, 0.1) is 18.5 Å². The van der Waals surface area contributed by atoms with Gasteiger partial charge >= 0.3 is 12.0 Å². The number of hydrogen-bond donors (Lipinski definition) is 4. The predicted octanol–water partition coefficient (Wildman–Crippen LogP) is 1.28. The van der Waals surface area contributed by atoms with E-state index in [9.17, 15) is 14.4 Å². The van der Waals surface area contributed by atoms with E-state index in [4.69, 9.17) is 21.4 Å². The third-order valence-electron chi connectivity index (χ3n) is 4.12. The highest BCUT2D eigenvalue weighted by Gasteiger charge is 2.36. The van der Waals surface area contributed by atoms with Crippen LogP contribution in [0.1, 0.15) is 24.8 Å². The van der Waals surface area contributed by atoms with Crippen LogP contribution in [0.5, 0.6) is 0 Å². The monoisotopic (exact) mass is 383 g/mol. The van der Waals surface area contributed by atoms with Crippen LogP contribution in [0.25, 0.3) is 0 Å². The second-order valence-corrected chi connectivity index (χ2v) is 6.61. The Morgan fingerprint density at radius 1 is 1.12 bits per heavy atom. The van der Waals surface area contributed by atoms with E-state index in [1.807, 2.05) is 0 Å². The van der Waals surface area contributed by atoms with Gasteiger partial charge in [-0.1, -0.05) is 23.7 Å². The van der Waals surface area contributed by atoms with Crippen molar-refractivity contribution in [1.82, 2.24) is 16.0 Å². The van der Waals surface area contributed by atoms with Gasteiger partial charge in [0.25, 0.3) is 0 Å².